The first-order valence-electron chi connectivity index (χ1n) is 7.39. The molecule has 0 radical (unpaired) electrons. The van der Waals surface area contributed by atoms with E-state index in [4.69, 9.17) is 13.7 Å². The topological polar surface area (TPSA) is 74.7 Å². The fourth-order valence-electron chi connectivity index (χ4n) is 2.16. The van der Waals surface area contributed by atoms with E-state index in [0.717, 1.165) is 22.9 Å². The predicted octanol–water partition coefficient (Wildman–Crippen LogP) is 2.91. The first-order valence-corrected chi connectivity index (χ1v) is 9.21. The Morgan fingerprint density at radius 3 is 2.29 bits per heavy atom. The van der Waals surface area contributed by atoms with Crippen LogP contribution in [0.4, 0.5) is 0 Å². The molecule has 1 unspecified atom stereocenters. The average Bonchev–Trinajstić information content (AvgIpc) is 2.54. The number of ether oxygens (including phenoxy) is 2. The van der Waals surface area contributed by atoms with Gasteiger partial charge in [-0.3, -0.25) is 9.17 Å². The van der Waals surface area contributed by atoms with E-state index in [0.29, 0.717) is 12.3 Å². The number of hydrogen-bond donors (Lipinski definition) is 0. The third-order valence-electron chi connectivity index (χ3n) is 3.28. The zero-order chi connectivity index (χ0) is 17.6. The molecule has 0 bridgehead atoms. The van der Waals surface area contributed by atoms with Crippen LogP contribution in [0.25, 0.3) is 11.1 Å². The van der Waals surface area contributed by atoms with E-state index in [1.165, 1.54) is 0 Å². The van der Waals surface area contributed by atoms with Gasteiger partial charge in [-0.25, -0.2) is 0 Å². The highest BCUT2D eigenvalue weighted by atomic mass is 32.2. The van der Waals surface area contributed by atoms with Crippen molar-refractivity contribution in [2.75, 3.05) is 20.2 Å². The van der Waals surface area contributed by atoms with Crippen molar-refractivity contribution >= 4 is 10.1 Å². The summed E-state index contributed by atoms with van der Waals surface area (Å²) in [6.45, 7) is 2.41. The normalized spacial score (nSPS) is 13.0. The second-order valence-corrected chi connectivity index (χ2v) is 6.97. The van der Waals surface area contributed by atoms with Gasteiger partial charge in [0.05, 0.1) is 18.6 Å². The largest absolute Gasteiger partial charge is 0.359 e. The molecule has 0 fully saturated rings. The Kier molecular flexibility index (Phi) is 6.44. The third-order valence-corrected chi connectivity index (χ3v) is 3.92. The molecule has 1 atom stereocenters. The van der Waals surface area contributed by atoms with Crippen molar-refractivity contribution in [2.45, 2.75) is 19.6 Å². The number of benzene rings is 1. The van der Waals surface area contributed by atoms with E-state index < -0.39 is 16.2 Å². The smallest absolute Gasteiger partial charge is 0.265 e. The fourth-order valence-corrected chi connectivity index (χ4v) is 2.79. The molecule has 1 aromatic carbocycles. The first-order chi connectivity index (χ1) is 11.4. The Morgan fingerprint density at radius 1 is 1.08 bits per heavy atom. The lowest BCUT2D eigenvalue weighted by molar-refractivity contribution is -0.0390. The lowest BCUT2D eigenvalue weighted by Gasteiger charge is -2.11. The Hall–Kier alpha value is -1.80. The molecular weight excluding hydrogens is 330 g/mol. The molecule has 0 aliphatic rings. The summed E-state index contributed by atoms with van der Waals surface area (Å²) in [6, 6.07) is 11.6. The number of nitrogens with zero attached hydrogens (tertiary/aromatic N) is 1. The maximum atomic E-state index is 11.2. The summed E-state index contributed by atoms with van der Waals surface area (Å²) in [4.78, 5) is 4.29. The van der Waals surface area contributed by atoms with Gasteiger partial charge in [-0.1, -0.05) is 30.3 Å². The van der Waals surface area contributed by atoms with Gasteiger partial charge in [0.25, 0.3) is 10.1 Å². The molecule has 2 aromatic rings. The molecule has 0 saturated carbocycles. The first kappa shape index (κ1) is 18.5. The second kappa shape index (κ2) is 8.34. The molecular formula is C17H21NO5S. The van der Waals surface area contributed by atoms with Gasteiger partial charge in [-0.05, 0) is 24.1 Å². The van der Waals surface area contributed by atoms with Gasteiger partial charge >= 0.3 is 0 Å². The highest BCUT2D eigenvalue weighted by molar-refractivity contribution is 7.86. The fraction of sp³-hybridized carbons (Fsp3) is 0.353. The van der Waals surface area contributed by atoms with Crippen molar-refractivity contribution in [3.8, 4) is 11.1 Å². The summed E-state index contributed by atoms with van der Waals surface area (Å²) in [5.41, 5.74) is 3.57. The lowest BCUT2D eigenvalue weighted by atomic mass is 10.1. The summed E-state index contributed by atoms with van der Waals surface area (Å²) in [7, 11) is -1.92. The van der Waals surface area contributed by atoms with E-state index in [1.54, 1.807) is 26.3 Å². The van der Waals surface area contributed by atoms with E-state index in [9.17, 15) is 8.42 Å². The van der Waals surface area contributed by atoms with Gasteiger partial charge in [0.1, 0.15) is 12.9 Å². The molecule has 7 heteroatoms. The summed E-state index contributed by atoms with van der Waals surface area (Å²) < 4.78 is 37.4. The molecule has 1 heterocycles. The molecule has 24 heavy (non-hydrogen) atoms. The number of pyridine rings is 1. The molecule has 2 rings (SSSR count). The molecule has 0 aliphatic carbocycles. The van der Waals surface area contributed by atoms with Crippen LogP contribution in [-0.4, -0.2) is 33.6 Å². The van der Waals surface area contributed by atoms with Crippen LogP contribution in [0.5, 0.6) is 0 Å². The van der Waals surface area contributed by atoms with Crippen molar-refractivity contribution in [3.63, 3.8) is 0 Å². The lowest BCUT2D eigenvalue weighted by Crippen LogP contribution is -2.08. The van der Waals surface area contributed by atoms with E-state index in [2.05, 4.69) is 4.98 Å². The Morgan fingerprint density at radius 2 is 1.75 bits per heavy atom. The highest BCUT2D eigenvalue weighted by Gasteiger charge is 2.13. The van der Waals surface area contributed by atoms with Crippen LogP contribution in [0.15, 0.2) is 42.6 Å². The maximum absolute atomic E-state index is 11.2. The molecule has 0 N–H and O–H groups in total. The SMILES string of the molecule is COCOCc1ccc(-c2ccc(C(C)OS(C)(=O)=O)nc2)cc1. The summed E-state index contributed by atoms with van der Waals surface area (Å²) in [5, 5.41) is 0. The third kappa shape index (κ3) is 5.68. The van der Waals surface area contributed by atoms with Crippen LogP contribution in [0.1, 0.15) is 24.3 Å². The number of rotatable bonds is 8. The Labute approximate surface area is 142 Å². The number of aromatic nitrogens is 1. The molecule has 0 spiro atoms. The summed E-state index contributed by atoms with van der Waals surface area (Å²) in [5.74, 6) is 0. The molecule has 6 nitrogen and oxygen atoms in total. The van der Waals surface area contributed by atoms with Crippen molar-refractivity contribution < 1.29 is 22.1 Å². The van der Waals surface area contributed by atoms with Gasteiger partial charge < -0.3 is 9.47 Å². The predicted molar refractivity (Wildman–Crippen MR) is 90.7 cm³/mol. The van der Waals surface area contributed by atoms with Crippen molar-refractivity contribution in [3.05, 3.63) is 53.9 Å². The van der Waals surface area contributed by atoms with Crippen LogP contribution in [-0.2, 0) is 30.4 Å². The number of methoxy groups -OCH3 is 1. The monoisotopic (exact) mass is 351 g/mol. The molecule has 0 aliphatic heterocycles. The van der Waals surface area contributed by atoms with Crippen molar-refractivity contribution in [1.29, 1.82) is 0 Å². The molecule has 0 amide bonds. The van der Waals surface area contributed by atoms with Crippen molar-refractivity contribution in [2.24, 2.45) is 0 Å². The Bertz CT molecular complexity index is 742. The van der Waals surface area contributed by atoms with Gasteiger partial charge in [-0.15, -0.1) is 0 Å². The maximum Gasteiger partial charge on any atom is 0.265 e. The van der Waals surface area contributed by atoms with Crippen molar-refractivity contribution in [1.82, 2.24) is 4.98 Å². The molecule has 0 saturated heterocycles. The highest BCUT2D eigenvalue weighted by Crippen LogP contribution is 2.22. The van der Waals surface area contributed by atoms with E-state index in [1.807, 2.05) is 30.3 Å². The minimum atomic E-state index is -3.51. The molecule has 1 aromatic heterocycles. The van der Waals surface area contributed by atoms with Gasteiger partial charge in [0.2, 0.25) is 0 Å². The summed E-state index contributed by atoms with van der Waals surface area (Å²) >= 11 is 0. The van der Waals surface area contributed by atoms with Gasteiger partial charge in [0.15, 0.2) is 0 Å². The zero-order valence-electron chi connectivity index (χ0n) is 13.9. The number of hydrogen-bond acceptors (Lipinski definition) is 6. The molecule has 130 valence electrons. The average molecular weight is 351 g/mol. The van der Waals surface area contributed by atoms with Crippen LogP contribution < -0.4 is 0 Å². The van der Waals surface area contributed by atoms with E-state index >= 15 is 0 Å². The zero-order valence-corrected chi connectivity index (χ0v) is 14.7. The van der Waals surface area contributed by atoms with Crippen LogP contribution in [0, 0.1) is 0 Å². The minimum Gasteiger partial charge on any atom is -0.359 e. The quantitative estimate of drug-likeness (QED) is 0.413. The van der Waals surface area contributed by atoms with Crippen LogP contribution >= 0.6 is 0 Å². The van der Waals surface area contributed by atoms with Gasteiger partial charge in [0, 0.05) is 18.9 Å². The second-order valence-electron chi connectivity index (χ2n) is 5.37. The van der Waals surface area contributed by atoms with Crippen LogP contribution in [0.2, 0.25) is 0 Å². The Balaban J connectivity index is 2.05. The van der Waals surface area contributed by atoms with Gasteiger partial charge in [-0.2, -0.15) is 8.42 Å². The van der Waals surface area contributed by atoms with E-state index in [-0.39, 0.29) is 6.79 Å². The minimum absolute atomic E-state index is 0.265. The summed E-state index contributed by atoms with van der Waals surface area (Å²) in [6.07, 6.45) is 2.11. The standard InChI is InChI=1S/C17H21NO5S/c1-13(23-24(3,19)20)17-9-8-16(10-18-17)15-6-4-14(5-7-15)11-22-12-21-2/h4-10,13H,11-12H2,1-3H3. The van der Waals surface area contributed by atoms with Crippen LogP contribution in [0.3, 0.4) is 0 Å².